The van der Waals surface area contributed by atoms with Crippen molar-refractivity contribution in [1.29, 1.82) is 5.26 Å². The fraction of sp³-hybridized carbons (Fsp3) is 0.267. The van der Waals surface area contributed by atoms with E-state index in [9.17, 15) is 14.9 Å². The Balaban J connectivity index is 2.20. The minimum atomic E-state index is -0.626. The van der Waals surface area contributed by atoms with Crippen LogP contribution in [0.15, 0.2) is 18.5 Å². The normalized spacial score (nSPS) is 10.2. The molecule has 2 rings (SSSR count). The molecule has 2 aromatic rings. The Morgan fingerprint density at radius 2 is 2.22 bits per heavy atom. The van der Waals surface area contributed by atoms with Crippen LogP contribution in [0.4, 0.5) is 5.69 Å². The number of nitriles is 1. The maximum Gasteiger partial charge on any atom is 0.355 e. The van der Waals surface area contributed by atoms with Gasteiger partial charge >= 0.3 is 5.97 Å². The van der Waals surface area contributed by atoms with Gasteiger partial charge in [-0.1, -0.05) is 0 Å². The first-order valence-electron chi connectivity index (χ1n) is 6.68. The van der Waals surface area contributed by atoms with Crippen molar-refractivity contribution in [2.75, 3.05) is 0 Å². The maximum absolute atomic E-state index is 12.1. The van der Waals surface area contributed by atoms with Gasteiger partial charge in [0.25, 0.3) is 5.69 Å². The summed E-state index contributed by atoms with van der Waals surface area (Å²) in [6, 6.07) is 3.35. The molecule has 0 bridgehead atoms. The van der Waals surface area contributed by atoms with Gasteiger partial charge in [-0.25, -0.2) is 4.79 Å². The molecule has 0 saturated heterocycles. The highest BCUT2D eigenvalue weighted by Gasteiger charge is 2.20. The molecule has 0 unspecified atom stereocenters. The third kappa shape index (κ3) is 3.18. The van der Waals surface area contributed by atoms with Crippen LogP contribution in [0.25, 0.3) is 0 Å². The molecule has 2 aromatic heterocycles. The van der Waals surface area contributed by atoms with Crippen LogP contribution >= 0.6 is 0 Å². The van der Waals surface area contributed by atoms with Gasteiger partial charge in [-0.05, 0) is 19.9 Å². The number of hydrogen-bond donors (Lipinski definition) is 0. The van der Waals surface area contributed by atoms with Crippen LogP contribution < -0.4 is 0 Å². The SMILES string of the molecule is Cc1cnc(COC(=O)c2cc(C#N)cn2C)c(C)c1[N+](=O)[O-]. The van der Waals surface area contributed by atoms with E-state index in [4.69, 9.17) is 10.00 Å². The minimum Gasteiger partial charge on any atom is -0.454 e. The molecule has 0 atom stereocenters. The van der Waals surface area contributed by atoms with E-state index in [1.54, 1.807) is 20.9 Å². The Bertz CT molecular complexity index is 833. The molecule has 0 aromatic carbocycles. The van der Waals surface area contributed by atoms with Crippen LogP contribution in [-0.4, -0.2) is 20.4 Å². The molecule has 0 saturated carbocycles. The number of ether oxygens (including phenoxy) is 1. The summed E-state index contributed by atoms with van der Waals surface area (Å²) < 4.78 is 6.64. The second-order valence-corrected chi connectivity index (χ2v) is 5.03. The minimum absolute atomic E-state index is 0.0308. The molecule has 118 valence electrons. The molecular weight excluding hydrogens is 300 g/mol. The van der Waals surface area contributed by atoms with Gasteiger partial charge in [0.1, 0.15) is 18.4 Å². The Labute approximate surface area is 132 Å². The largest absolute Gasteiger partial charge is 0.454 e. The molecule has 2 heterocycles. The highest BCUT2D eigenvalue weighted by Crippen LogP contribution is 2.24. The summed E-state index contributed by atoms with van der Waals surface area (Å²) in [5.74, 6) is -0.626. The van der Waals surface area contributed by atoms with Gasteiger partial charge in [0.15, 0.2) is 0 Å². The van der Waals surface area contributed by atoms with Crippen molar-refractivity contribution in [3.63, 3.8) is 0 Å². The highest BCUT2D eigenvalue weighted by molar-refractivity contribution is 5.88. The van der Waals surface area contributed by atoms with Crippen molar-refractivity contribution in [2.45, 2.75) is 20.5 Å². The zero-order chi connectivity index (χ0) is 17.1. The standard InChI is InChI=1S/C15H14N4O4/c1-9-6-17-12(10(2)14(9)19(21)22)8-23-15(20)13-4-11(5-16)7-18(13)3/h4,6-7H,8H2,1-3H3. The van der Waals surface area contributed by atoms with Crippen LogP contribution in [0.2, 0.25) is 0 Å². The number of aromatic nitrogens is 2. The van der Waals surface area contributed by atoms with Crippen LogP contribution in [0.5, 0.6) is 0 Å². The molecule has 0 aliphatic heterocycles. The van der Waals surface area contributed by atoms with Crippen LogP contribution in [0, 0.1) is 35.3 Å². The number of esters is 1. The van der Waals surface area contributed by atoms with E-state index in [2.05, 4.69) is 4.98 Å². The number of pyridine rings is 1. The first-order valence-corrected chi connectivity index (χ1v) is 6.68. The number of nitrogens with zero attached hydrogens (tertiary/aromatic N) is 4. The van der Waals surface area contributed by atoms with Crippen molar-refractivity contribution in [3.05, 3.63) is 56.7 Å². The Kier molecular flexibility index (Phi) is 4.41. The van der Waals surface area contributed by atoms with Gasteiger partial charge < -0.3 is 9.30 Å². The number of rotatable bonds is 4. The van der Waals surface area contributed by atoms with E-state index in [0.717, 1.165) is 0 Å². The van der Waals surface area contributed by atoms with Crippen LogP contribution in [0.3, 0.4) is 0 Å². The van der Waals surface area contributed by atoms with E-state index < -0.39 is 10.9 Å². The molecule has 0 amide bonds. The topological polar surface area (TPSA) is 111 Å². The monoisotopic (exact) mass is 314 g/mol. The lowest BCUT2D eigenvalue weighted by Gasteiger charge is -2.09. The summed E-state index contributed by atoms with van der Waals surface area (Å²) in [4.78, 5) is 26.7. The first kappa shape index (κ1) is 16.2. The van der Waals surface area contributed by atoms with Crippen molar-refractivity contribution >= 4 is 11.7 Å². The number of aryl methyl sites for hydroxylation is 2. The summed E-state index contributed by atoms with van der Waals surface area (Å²) in [7, 11) is 1.62. The highest BCUT2D eigenvalue weighted by atomic mass is 16.6. The summed E-state index contributed by atoms with van der Waals surface area (Å²) in [6.07, 6.45) is 2.89. The van der Waals surface area contributed by atoms with Gasteiger partial charge in [-0.3, -0.25) is 15.1 Å². The Morgan fingerprint density at radius 3 is 2.78 bits per heavy atom. The fourth-order valence-corrected chi connectivity index (χ4v) is 2.23. The quantitative estimate of drug-likeness (QED) is 0.486. The Morgan fingerprint density at radius 1 is 1.52 bits per heavy atom. The Hall–Kier alpha value is -3.21. The molecule has 23 heavy (non-hydrogen) atoms. The van der Waals surface area contributed by atoms with Crippen molar-refractivity contribution < 1.29 is 14.5 Å². The summed E-state index contributed by atoms with van der Waals surface area (Å²) in [5, 5.41) is 19.9. The second kappa shape index (κ2) is 6.27. The molecule has 0 radical (unpaired) electrons. The van der Waals surface area contributed by atoms with E-state index in [-0.39, 0.29) is 18.0 Å². The van der Waals surface area contributed by atoms with E-state index >= 15 is 0 Å². The fourth-order valence-electron chi connectivity index (χ4n) is 2.23. The van der Waals surface area contributed by atoms with Gasteiger partial charge in [0.05, 0.1) is 21.7 Å². The predicted octanol–water partition coefficient (Wildman–Crippen LogP) is 2.17. The molecule has 8 nitrogen and oxygen atoms in total. The summed E-state index contributed by atoms with van der Waals surface area (Å²) >= 11 is 0. The third-order valence-corrected chi connectivity index (χ3v) is 3.44. The smallest absolute Gasteiger partial charge is 0.355 e. The number of carbonyl (C=O) groups excluding carboxylic acids is 1. The van der Waals surface area contributed by atoms with Crippen molar-refractivity contribution in [3.8, 4) is 6.07 Å². The number of nitro groups is 1. The molecule has 0 aliphatic rings. The van der Waals surface area contributed by atoms with Gasteiger partial charge in [0, 0.05) is 25.0 Å². The molecule has 8 heteroatoms. The predicted molar refractivity (Wildman–Crippen MR) is 79.6 cm³/mol. The average Bonchev–Trinajstić information content (AvgIpc) is 2.87. The molecule has 0 aliphatic carbocycles. The zero-order valence-corrected chi connectivity index (χ0v) is 12.9. The van der Waals surface area contributed by atoms with E-state index in [1.165, 1.54) is 23.0 Å². The van der Waals surface area contributed by atoms with Gasteiger partial charge in [-0.15, -0.1) is 0 Å². The first-order chi connectivity index (χ1) is 10.8. The van der Waals surface area contributed by atoms with Gasteiger partial charge in [0.2, 0.25) is 0 Å². The summed E-state index contributed by atoms with van der Waals surface area (Å²) in [5.41, 5.74) is 1.68. The molecule has 0 N–H and O–H groups in total. The van der Waals surface area contributed by atoms with Crippen LogP contribution in [0.1, 0.15) is 32.9 Å². The zero-order valence-electron chi connectivity index (χ0n) is 12.9. The number of carbonyl (C=O) groups is 1. The van der Waals surface area contributed by atoms with Crippen LogP contribution in [-0.2, 0) is 18.4 Å². The lowest BCUT2D eigenvalue weighted by molar-refractivity contribution is -0.386. The maximum atomic E-state index is 12.1. The van der Waals surface area contributed by atoms with Gasteiger partial charge in [-0.2, -0.15) is 5.26 Å². The summed E-state index contributed by atoms with van der Waals surface area (Å²) in [6.45, 7) is 2.98. The third-order valence-electron chi connectivity index (χ3n) is 3.44. The lowest BCUT2D eigenvalue weighted by atomic mass is 10.1. The van der Waals surface area contributed by atoms with Crippen molar-refractivity contribution in [2.24, 2.45) is 7.05 Å². The molecule has 0 spiro atoms. The average molecular weight is 314 g/mol. The van der Waals surface area contributed by atoms with Crippen molar-refractivity contribution in [1.82, 2.24) is 9.55 Å². The number of hydrogen-bond acceptors (Lipinski definition) is 6. The molecule has 0 fully saturated rings. The van der Waals surface area contributed by atoms with E-state index in [0.29, 0.717) is 22.4 Å². The van der Waals surface area contributed by atoms with E-state index in [1.807, 2.05) is 6.07 Å². The lowest BCUT2D eigenvalue weighted by Crippen LogP contribution is -2.11. The second-order valence-electron chi connectivity index (χ2n) is 5.03. The molecular formula is C15H14N4O4.